The summed E-state index contributed by atoms with van der Waals surface area (Å²) in [5, 5.41) is 11.6. The molecule has 0 unspecified atom stereocenters. The Bertz CT molecular complexity index is 856. The van der Waals surface area contributed by atoms with Crippen LogP contribution in [-0.2, 0) is 12.7 Å². The SMILES string of the molecule is Fc1cccc(Cl)c1Cn1nnc(-c2cccc(C(F)(F)F)c2)n1. The summed E-state index contributed by atoms with van der Waals surface area (Å²) in [4.78, 5) is 1.07. The van der Waals surface area contributed by atoms with E-state index < -0.39 is 17.6 Å². The van der Waals surface area contributed by atoms with Crippen LogP contribution in [0.25, 0.3) is 11.4 Å². The Balaban J connectivity index is 1.89. The Kier molecular flexibility index (Phi) is 4.23. The summed E-state index contributed by atoms with van der Waals surface area (Å²) in [6, 6.07) is 8.80. The number of aromatic nitrogens is 4. The maximum atomic E-state index is 13.8. The zero-order valence-electron chi connectivity index (χ0n) is 11.9. The monoisotopic (exact) mass is 356 g/mol. The number of hydrogen-bond acceptors (Lipinski definition) is 3. The molecule has 0 aliphatic heterocycles. The minimum absolute atomic E-state index is 0.00793. The highest BCUT2D eigenvalue weighted by Gasteiger charge is 2.30. The van der Waals surface area contributed by atoms with Crippen LogP contribution in [0.3, 0.4) is 0 Å². The summed E-state index contributed by atoms with van der Waals surface area (Å²) in [7, 11) is 0. The molecule has 0 aliphatic rings. The molecule has 2 aromatic carbocycles. The molecule has 0 saturated heterocycles. The van der Waals surface area contributed by atoms with Crippen molar-refractivity contribution in [3.05, 3.63) is 64.4 Å². The van der Waals surface area contributed by atoms with E-state index in [-0.39, 0.29) is 28.5 Å². The Morgan fingerprint density at radius 2 is 1.83 bits per heavy atom. The van der Waals surface area contributed by atoms with E-state index in [1.54, 1.807) is 0 Å². The number of nitrogens with zero attached hydrogens (tertiary/aromatic N) is 4. The van der Waals surface area contributed by atoms with E-state index in [0.29, 0.717) is 0 Å². The van der Waals surface area contributed by atoms with Crippen LogP contribution in [-0.4, -0.2) is 20.2 Å². The molecule has 9 heteroatoms. The quantitative estimate of drug-likeness (QED) is 0.661. The van der Waals surface area contributed by atoms with Crippen LogP contribution in [0.5, 0.6) is 0 Å². The number of halogens is 5. The smallest absolute Gasteiger partial charge is 0.207 e. The van der Waals surface area contributed by atoms with Crippen molar-refractivity contribution in [2.45, 2.75) is 12.7 Å². The van der Waals surface area contributed by atoms with E-state index in [9.17, 15) is 17.6 Å². The normalized spacial score (nSPS) is 11.7. The molecular formula is C15H9ClF4N4. The van der Waals surface area contributed by atoms with Gasteiger partial charge in [-0.1, -0.05) is 29.8 Å². The van der Waals surface area contributed by atoms with E-state index in [0.717, 1.165) is 16.9 Å². The van der Waals surface area contributed by atoms with Crippen LogP contribution in [0.2, 0.25) is 5.02 Å². The Morgan fingerprint density at radius 3 is 2.54 bits per heavy atom. The number of alkyl halides is 3. The van der Waals surface area contributed by atoms with Crippen LogP contribution in [0.15, 0.2) is 42.5 Å². The molecule has 0 atom stereocenters. The molecule has 3 rings (SSSR count). The molecule has 0 N–H and O–H groups in total. The van der Waals surface area contributed by atoms with Crippen molar-refractivity contribution < 1.29 is 17.6 Å². The van der Waals surface area contributed by atoms with Crippen molar-refractivity contribution in [1.29, 1.82) is 0 Å². The highest BCUT2D eigenvalue weighted by Crippen LogP contribution is 2.31. The molecule has 3 aromatic rings. The molecule has 24 heavy (non-hydrogen) atoms. The predicted molar refractivity (Wildman–Crippen MR) is 78.8 cm³/mol. The van der Waals surface area contributed by atoms with Gasteiger partial charge in [0.25, 0.3) is 0 Å². The zero-order chi connectivity index (χ0) is 17.3. The molecule has 4 nitrogen and oxygen atoms in total. The van der Waals surface area contributed by atoms with E-state index >= 15 is 0 Å². The lowest BCUT2D eigenvalue weighted by Crippen LogP contribution is -2.06. The second-order valence-electron chi connectivity index (χ2n) is 4.92. The first-order valence-electron chi connectivity index (χ1n) is 6.73. The van der Waals surface area contributed by atoms with Crippen LogP contribution in [0, 0.1) is 5.82 Å². The van der Waals surface area contributed by atoms with Gasteiger partial charge in [-0.3, -0.25) is 0 Å². The maximum Gasteiger partial charge on any atom is 0.416 e. The van der Waals surface area contributed by atoms with E-state index in [1.165, 1.54) is 30.3 Å². The van der Waals surface area contributed by atoms with Crippen molar-refractivity contribution in [2.24, 2.45) is 0 Å². The lowest BCUT2D eigenvalue weighted by Gasteiger charge is -2.06. The molecular weight excluding hydrogens is 348 g/mol. The van der Waals surface area contributed by atoms with E-state index in [4.69, 9.17) is 11.6 Å². The summed E-state index contributed by atoms with van der Waals surface area (Å²) in [5.41, 5.74) is -0.476. The Labute approximate surface area is 138 Å². The molecule has 0 radical (unpaired) electrons. The second kappa shape index (κ2) is 6.20. The van der Waals surface area contributed by atoms with Gasteiger partial charge in [-0.25, -0.2) is 4.39 Å². The summed E-state index contributed by atoms with van der Waals surface area (Å²) >= 11 is 5.92. The fourth-order valence-corrected chi connectivity index (χ4v) is 2.31. The fraction of sp³-hybridized carbons (Fsp3) is 0.133. The Hall–Kier alpha value is -2.48. The van der Waals surface area contributed by atoms with Crippen molar-refractivity contribution in [1.82, 2.24) is 20.2 Å². The standard InChI is InChI=1S/C15H9ClF4N4/c16-12-5-2-6-13(17)11(12)8-24-22-14(21-23-24)9-3-1-4-10(7-9)15(18,19)20/h1-7H,8H2. The third-order valence-corrected chi connectivity index (χ3v) is 3.62. The first-order chi connectivity index (χ1) is 11.3. The summed E-state index contributed by atoms with van der Waals surface area (Å²) in [5.74, 6) is -0.519. The largest absolute Gasteiger partial charge is 0.416 e. The molecule has 0 saturated carbocycles. The molecule has 0 spiro atoms. The maximum absolute atomic E-state index is 13.8. The summed E-state index contributed by atoms with van der Waals surface area (Å²) in [6.45, 7) is -0.0858. The Morgan fingerprint density at radius 1 is 1.08 bits per heavy atom. The molecule has 1 heterocycles. The third kappa shape index (κ3) is 3.38. The summed E-state index contributed by atoms with van der Waals surface area (Å²) < 4.78 is 52.0. The average molecular weight is 357 g/mol. The van der Waals surface area contributed by atoms with Gasteiger partial charge >= 0.3 is 6.18 Å². The van der Waals surface area contributed by atoms with Gasteiger partial charge in [0.2, 0.25) is 5.82 Å². The predicted octanol–water partition coefficient (Wildman–Crippen LogP) is 4.20. The lowest BCUT2D eigenvalue weighted by molar-refractivity contribution is -0.137. The molecule has 0 bridgehead atoms. The van der Waals surface area contributed by atoms with Crippen LogP contribution in [0.4, 0.5) is 17.6 Å². The van der Waals surface area contributed by atoms with Crippen LogP contribution >= 0.6 is 11.6 Å². The minimum Gasteiger partial charge on any atom is -0.207 e. The van der Waals surface area contributed by atoms with E-state index in [1.807, 2.05) is 0 Å². The average Bonchev–Trinajstić information content (AvgIpc) is 2.99. The van der Waals surface area contributed by atoms with Crippen molar-refractivity contribution >= 4 is 11.6 Å². The van der Waals surface area contributed by atoms with Crippen molar-refractivity contribution in [3.8, 4) is 11.4 Å². The molecule has 0 amide bonds. The third-order valence-electron chi connectivity index (χ3n) is 3.26. The zero-order valence-corrected chi connectivity index (χ0v) is 12.7. The first-order valence-corrected chi connectivity index (χ1v) is 7.11. The summed E-state index contributed by atoms with van der Waals surface area (Å²) in [6.07, 6.45) is -4.47. The highest BCUT2D eigenvalue weighted by atomic mass is 35.5. The minimum atomic E-state index is -4.47. The number of tetrazole rings is 1. The van der Waals surface area contributed by atoms with Crippen molar-refractivity contribution in [2.75, 3.05) is 0 Å². The van der Waals surface area contributed by atoms with Gasteiger partial charge in [-0.15, -0.1) is 10.2 Å². The molecule has 0 fully saturated rings. The van der Waals surface area contributed by atoms with Gasteiger partial charge in [0, 0.05) is 16.1 Å². The first kappa shape index (κ1) is 16.4. The molecule has 124 valence electrons. The van der Waals surface area contributed by atoms with Gasteiger partial charge in [-0.2, -0.15) is 18.0 Å². The van der Waals surface area contributed by atoms with Crippen LogP contribution < -0.4 is 0 Å². The van der Waals surface area contributed by atoms with Crippen LogP contribution in [0.1, 0.15) is 11.1 Å². The number of rotatable bonds is 3. The van der Waals surface area contributed by atoms with Crippen molar-refractivity contribution in [3.63, 3.8) is 0 Å². The topological polar surface area (TPSA) is 43.6 Å². The van der Waals surface area contributed by atoms with E-state index in [2.05, 4.69) is 15.4 Å². The highest BCUT2D eigenvalue weighted by molar-refractivity contribution is 6.31. The number of hydrogen-bond donors (Lipinski definition) is 0. The molecule has 1 aromatic heterocycles. The number of benzene rings is 2. The second-order valence-corrected chi connectivity index (χ2v) is 5.33. The molecule has 0 aliphatic carbocycles. The van der Waals surface area contributed by atoms with Gasteiger partial charge in [0.15, 0.2) is 0 Å². The van der Waals surface area contributed by atoms with Gasteiger partial charge in [0.05, 0.1) is 12.1 Å². The van der Waals surface area contributed by atoms with Gasteiger partial charge < -0.3 is 0 Å². The fourth-order valence-electron chi connectivity index (χ4n) is 2.09. The lowest BCUT2D eigenvalue weighted by atomic mass is 10.1. The van der Waals surface area contributed by atoms with Gasteiger partial charge in [-0.05, 0) is 29.5 Å². The van der Waals surface area contributed by atoms with Gasteiger partial charge in [0.1, 0.15) is 5.82 Å².